The fourth-order valence-corrected chi connectivity index (χ4v) is 3.37. The van der Waals surface area contributed by atoms with Gasteiger partial charge in [0, 0.05) is 35.3 Å². The van der Waals surface area contributed by atoms with Crippen molar-refractivity contribution in [2.45, 2.75) is 13.8 Å². The maximum absolute atomic E-state index is 12.9. The van der Waals surface area contributed by atoms with Crippen LogP contribution in [-0.4, -0.2) is 26.0 Å². The summed E-state index contributed by atoms with van der Waals surface area (Å²) in [6.45, 7) is 3.89. The molecule has 2 N–H and O–H groups in total. The molecule has 0 aliphatic heterocycles. The molecule has 0 atom stereocenters. The largest absolute Gasteiger partial charge is 0.334 e. The molecule has 4 aromatic heterocycles. The minimum atomic E-state index is -0.222. The molecule has 0 bridgehead atoms. The van der Waals surface area contributed by atoms with E-state index in [1.54, 1.807) is 23.0 Å². The van der Waals surface area contributed by atoms with Crippen molar-refractivity contribution in [3.8, 4) is 22.8 Å². The molecule has 1 aromatic carbocycles. The van der Waals surface area contributed by atoms with Crippen molar-refractivity contribution in [2.75, 3.05) is 5.32 Å². The van der Waals surface area contributed by atoms with Crippen molar-refractivity contribution < 1.29 is 13.7 Å². The Morgan fingerprint density at radius 2 is 2.00 bits per heavy atom. The summed E-state index contributed by atoms with van der Waals surface area (Å²) in [5, 5.41) is 7.05. The predicted octanol–water partition coefficient (Wildman–Crippen LogP) is 3.73. The van der Waals surface area contributed by atoms with Gasteiger partial charge in [0.05, 0.1) is 6.20 Å². The molecule has 5 aromatic rings. The van der Waals surface area contributed by atoms with Crippen molar-refractivity contribution in [1.29, 1.82) is 0 Å². The SMILES string of the molecule is Cc1cncc(-c2noc(-c3ccc(C)c(NC(=O)c4c[nH]c5cccc[n+]45)c3)n2)c1. The van der Waals surface area contributed by atoms with Crippen molar-refractivity contribution in [3.05, 3.63) is 84.1 Å². The third kappa shape index (κ3) is 3.55. The normalized spacial score (nSPS) is 11.0. The smallest absolute Gasteiger partial charge is 0.299 e. The number of hydrogen-bond donors (Lipinski definition) is 2. The zero-order valence-corrected chi connectivity index (χ0v) is 17.0. The molecule has 152 valence electrons. The van der Waals surface area contributed by atoms with Gasteiger partial charge in [-0.25, -0.2) is 4.98 Å². The number of carbonyl (C=O) groups excluding carboxylic acids is 1. The highest BCUT2D eigenvalue weighted by molar-refractivity contribution is 6.02. The molecule has 0 unspecified atom stereocenters. The van der Waals surface area contributed by atoms with Crippen LogP contribution in [0.2, 0.25) is 0 Å². The molecular weight excluding hydrogens is 392 g/mol. The van der Waals surface area contributed by atoms with Gasteiger partial charge in [0.1, 0.15) is 6.20 Å². The van der Waals surface area contributed by atoms with Crippen molar-refractivity contribution in [1.82, 2.24) is 20.1 Å². The third-order valence-corrected chi connectivity index (χ3v) is 5.00. The molecule has 1 amide bonds. The van der Waals surface area contributed by atoms with Crippen LogP contribution in [0.15, 0.2) is 71.8 Å². The van der Waals surface area contributed by atoms with Crippen LogP contribution in [-0.2, 0) is 0 Å². The van der Waals surface area contributed by atoms with Crippen LogP contribution < -0.4 is 9.72 Å². The van der Waals surface area contributed by atoms with Crippen molar-refractivity contribution >= 4 is 17.2 Å². The number of anilines is 1. The van der Waals surface area contributed by atoms with Crippen LogP contribution >= 0.6 is 0 Å². The standard InChI is InChI=1S/C23H18N6O2/c1-14-9-17(12-24-11-14)21-27-23(31-28-21)16-7-6-15(2)18(10-16)26-22(30)19-13-25-20-5-3-4-8-29(19)20/h3-13H,1-2H3,(H,26,30)/p+1. The molecule has 5 rings (SSSR count). The maximum atomic E-state index is 12.9. The van der Waals surface area contributed by atoms with Gasteiger partial charge in [-0.15, -0.1) is 0 Å². The molecule has 0 saturated carbocycles. The second kappa shape index (κ2) is 7.49. The number of H-pyrrole nitrogens is 1. The lowest BCUT2D eigenvalue weighted by molar-refractivity contribution is -0.512. The van der Waals surface area contributed by atoms with Gasteiger partial charge in [-0.1, -0.05) is 17.3 Å². The molecule has 4 heterocycles. The number of hydrogen-bond acceptors (Lipinski definition) is 5. The number of rotatable bonds is 4. The average molecular weight is 411 g/mol. The van der Waals surface area contributed by atoms with Crippen LogP contribution in [0.4, 0.5) is 5.69 Å². The van der Waals surface area contributed by atoms with Crippen LogP contribution in [0.25, 0.3) is 28.5 Å². The zero-order chi connectivity index (χ0) is 21.4. The number of amides is 1. The summed E-state index contributed by atoms with van der Waals surface area (Å²) in [5.41, 5.74) is 5.45. The molecule has 8 nitrogen and oxygen atoms in total. The van der Waals surface area contributed by atoms with Crippen molar-refractivity contribution in [2.24, 2.45) is 0 Å². The number of aryl methyl sites for hydroxylation is 2. The molecule has 0 spiro atoms. The number of aromatic amines is 1. The third-order valence-electron chi connectivity index (χ3n) is 5.00. The lowest BCUT2D eigenvalue weighted by atomic mass is 10.1. The molecule has 0 aliphatic carbocycles. The van der Waals surface area contributed by atoms with Gasteiger partial charge in [0.15, 0.2) is 0 Å². The fourth-order valence-electron chi connectivity index (χ4n) is 3.37. The van der Waals surface area contributed by atoms with Crippen LogP contribution in [0, 0.1) is 13.8 Å². The van der Waals surface area contributed by atoms with E-state index in [2.05, 4.69) is 25.4 Å². The van der Waals surface area contributed by atoms with Crippen LogP contribution in [0.1, 0.15) is 21.6 Å². The Balaban J connectivity index is 1.44. The van der Waals surface area contributed by atoms with Crippen molar-refractivity contribution in [3.63, 3.8) is 0 Å². The first kappa shape index (κ1) is 18.7. The fraction of sp³-hybridized carbons (Fsp3) is 0.0870. The highest BCUT2D eigenvalue weighted by Gasteiger charge is 2.19. The number of benzene rings is 1. The molecule has 31 heavy (non-hydrogen) atoms. The zero-order valence-electron chi connectivity index (χ0n) is 17.0. The Hall–Kier alpha value is -4.33. The summed E-state index contributed by atoms with van der Waals surface area (Å²) in [7, 11) is 0. The maximum Gasteiger partial charge on any atom is 0.299 e. The number of carbonyl (C=O) groups is 1. The van der Waals surface area contributed by atoms with E-state index in [-0.39, 0.29) is 5.91 Å². The van der Waals surface area contributed by atoms with E-state index in [0.29, 0.717) is 28.7 Å². The quantitative estimate of drug-likeness (QED) is 0.439. The summed E-state index contributed by atoms with van der Waals surface area (Å²) in [6, 6.07) is 13.3. The van der Waals surface area contributed by atoms with Gasteiger partial charge in [-0.05, 0) is 49.2 Å². The highest BCUT2D eigenvalue weighted by Crippen LogP contribution is 2.26. The first-order chi connectivity index (χ1) is 15.1. The molecule has 0 saturated heterocycles. The van der Waals surface area contributed by atoms with Gasteiger partial charge in [-0.3, -0.25) is 9.78 Å². The average Bonchev–Trinajstić information content (AvgIpc) is 3.43. The van der Waals surface area contributed by atoms with E-state index < -0.39 is 0 Å². The lowest BCUT2D eigenvalue weighted by Crippen LogP contribution is -2.30. The second-order valence-corrected chi connectivity index (χ2v) is 7.29. The van der Waals surface area contributed by atoms with Crippen LogP contribution in [0.3, 0.4) is 0 Å². The Bertz CT molecular complexity index is 1420. The first-order valence-electron chi connectivity index (χ1n) is 9.74. The Labute approximate surface area is 177 Å². The Morgan fingerprint density at radius 3 is 2.87 bits per heavy atom. The Kier molecular flexibility index (Phi) is 4.51. The topological polar surface area (TPSA) is 101 Å². The predicted molar refractivity (Wildman–Crippen MR) is 114 cm³/mol. The van der Waals surface area contributed by atoms with E-state index in [1.807, 2.05) is 62.5 Å². The van der Waals surface area contributed by atoms with E-state index >= 15 is 0 Å². The summed E-state index contributed by atoms with van der Waals surface area (Å²) in [4.78, 5) is 24.7. The van der Waals surface area contributed by atoms with Crippen LogP contribution in [0.5, 0.6) is 0 Å². The van der Waals surface area contributed by atoms with Gasteiger partial charge in [0.2, 0.25) is 11.5 Å². The first-order valence-corrected chi connectivity index (χ1v) is 9.74. The number of aromatic nitrogens is 5. The summed E-state index contributed by atoms with van der Waals surface area (Å²) in [5.74, 6) is 0.612. The summed E-state index contributed by atoms with van der Waals surface area (Å²) in [6.07, 6.45) is 6.99. The van der Waals surface area contributed by atoms with E-state index in [4.69, 9.17) is 4.52 Å². The summed E-state index contributed by atoms with van der Waals surface area (Å²) < 4.78 is 7.26. The van der Waals surface area contributed by atoms with E-state index in [9.17, 15) is 4.79 Å². The van der Waals surface area contributed by atoms with Gasteiger partial charge in [0.25, 0.3) is 17.4 Å². The number of nitrogens with one attached hydrogen (secondary N) is 2. The molecule has 8 heteroatoms. The number of nitrogens with zero attached hydrogens (tertiary/aromatic N) is 4. The van der Waals surface area contributed by atoms with Gasteiger partial charge < -0.3 is 9.84 Å². The summed E-state index contributed by atoms with van der Waals surface area (Å²) >= 11 is 0. The minimum absolute atomic E-state index is 0.222. The van der Waals surface area contributed by atoms with Gasteiger partial charge in [-0.2, -0.15) is 9.38 Å². The highest BCUT2D eigenvalue weighted by atomic mass is 16.5. The number of pyridine rings is 2. The second-order valence-electron chi connectivity index (χ2n) is 7.29. The van der Waals surface area contributed by atoms with Gasteiger partial charge >= 0.3 is 0 Å². The number of imidazole rings is 1. The minimum Gasteiger partial charge on any atom is -0.334 e. The molecule has 0 aliphatic rings. The molecule has 0 radical (unpaired) electrons. The number of fused-ring (bicyclic) bond motifs is 1. The Morgan fingerprint density at radius 1 is 1.10 bits per heavy atom. The van der Waals surface area contributed by atoms with E-state index in [1.165, 1.54) is 0 Å². The lowest BCUT2D eigenvalue weighted by Gasteiger charge is -2.08. The molecular formula is C23H19N6O2+. The monoisotopic (exact) mass is 411 g/mol. The van der Waals surface area contributed by atoms with E-state index in [0.717, 1.165) is 22.3 Å². The molecule has 0 fully saturated rings.